The summed E-state index contributed by atoms with van der Waals surface area (Å²) in [7, 11) is 3.58. The average Bonchev–Trinajstić information content (AvgIpc) is 3.63. The lowest BCUT2D eigenvalue weighted by molar-refractivity contribution is -0.136. The van der Waals surface area contributed by atoms with Crippen molar-refractivity contribution in [2.75, 3.05) is 61.9 Å². The molecular formula is C36H42N8O5. The molecule has 4 aliphatic heterocycles. The maximum Gasteiger partial charge on any atom is 0.262 e. The zero-order valence-corrected chi connectivity index (χ0v) is 28.0. The fraction of sp³-hybridized carbons (Fsp3) is 0.472. The van der Waals surface area contributed by atoms with Crippen molar-refractivity contribution in [2.45, 2.75) is 50.6 Å². The average molecular weight is 667 g/mol. The van der Waals surface area contributed by atoms with Gasteiger partial charge in [0.25, 0.3) is 11.8 Å². The Bertz CT molecular complexity index is 1850. The van der Waals surface area contributed by atoms with Crippen molar-refractivity contribution in [3.63, 3.8) is 0 Å². The van der Waals surface area contributed by atoms with Gasteiger partial charge in [-0.3, -0.25) is 39.0 Å². The molecule has 49 heavy (non-hydrogen) atoms. The van der Waals surface area contributed by atoms with Gasteiger partial charge in [0.2, 0.25) is 11.8 Å². The molecule has 1 atom stereocenters. The van der Waals surface area contributed by atoms with Crippen molar-refractivity contribution < 1.29 is 23.9 Å². The molecule has 1 unspecified atom stereocenters. The van der Waals surface area contributed by atoms with Crippen molar-refractivity contribution >= 4 is 40.7 Å². The molecule has 5 aliphatic rings. The van der Waals surface area contributed by atoms with Gasteiger partial charge in [-0.2, -0.15) is 5.10 Å². The van der Waals surface area contributed by atoms with Gasteiger partial charge < -0.3 is 20.3 Å². The monoisotopic (exact) mass is 666 g/mol. The lowest BCUT2D eigenvalue weighted by atomic mass is 9.60. The number of nitrogens with zero attached hydrogens (tertiary/aromatic N) is 6. The van der Waals surface area contributed by atoms with E-state index in [1.807, 2.05) is 36.3 Å². The minimum absolute atomic E-state index is 0.104. The molecule has 13 nitrogen and oxygen atoms in total. The number of ether oxygens (including phenoxy) is 1. The van der Waals surface area contributed by atoms with Gasteiger partial charge in [0.15, 0.2) is 0 Å². The topological polar surface area (TPSA) is 146 Å². The molecule has 5 heterocycles. The Kier molecular flexibility index (Phi) is 7.62. The summed E-state index contributed by atoms with van der Waals surface area (Å²) in [5.74, 6) is -1.22. The third kappa shape index (κ3) is 5.40. The molecule has 0 bridgehead atoms. The number of aromatic nitrogens is 2. The maximum atomic E-state index is 13.3. The van der Waals surface area contributed by atoms with Crippen LogP contribution in [0.15, 0.2) is 42.7 Å². The number of fused-ring (bicyclic) bond motifs is 1. The Morgan fingerprint density at radius 2 is 1.63 bits per heavy atom. The predicted molar refractivity (Wildman–Crippen MR) is 183 cm³/mol. The minimum atomic E-state index is -0.958. The second-order valence-electron chi connectivity index (χ2n) is 14.3. The summed E-state index contributed by atoms with van der Waals surface area (Å²) in [6, 6.07) is 9.09. The highest BCUT2D eigenvalue weighted by atomic mass is 16.5. The Morgan fingerprint density at radius 3 is 2.31 bits per heavy atom. The largest absolute Gasteiger partial charge is 0.495 e. The zero-order chi connectivity index (χ0) is 34.0. The normalized spacial score (nSPS) is 22.8. The van der Waals surface area contributed by atoms with Crippen molar-refractivity contribution in [1.82, 2.24) is 24.9 Å². The standard InChI is InChI=1S/C36H42N8O5/c1-40-21-22(20-38-40)26-16-28(37)31(49-2)17-30(26)43-9-7-36(8-10-43)18-24(19-36)42-13-11-41(12-14-42)23-3-4-25-27(15-23)35(48)44(34(25)47)29-5-6-32(45)39-33(29)46/h3-4,15-17,20-21,24,29H,5-14,18-19,37H2,1-2H3,(H,39,45,46). The Labute approximate surface area is 284 Å². The molecule has 1 aliphatic carbocycles. The number of hydrogen-bond donors (Lipinski definition) is 2. The van der Waals surface area contributed by atoms with Crippen LogP contribution in [0.2, 0.25) is 0 Å². The van der Waals surface area contributed by atoms with E-state index in [4.69, 9.17) is 10.5 Å². The van der Waals surface area contributed by atoms with E-state index < -0.39 is 23.8 Å². The first-order valence-corrected chi connectivity index (χ1v) is 17.2. The highest BCUT2D eigenvalue weighted by Gasteiger charge is 2.49. The highest BCUT2D eigenvalue weighted by molar-refractivity contribution is 6.23. The lowest BCUT2D eigenvalue weighted by Gasteiger charge is -2.56. The zero-order valence-electron chi connectivity index (χ0n) is 28.0. The molecule has 1 aromatic heterocycles. The first kappa shape index (κ1) is 31.4. The van der Waals surface area contributed by atoms with Crippen molar-refractivity contribution in [3.8, 4) is 16.9 Å². The number of carbonyl (C=O) groups excluding carboxylic acids is 4. The number of aryl methyl sites for hydroxylation is 1. The summed E-state index contributed by atoms with van der Waals surface area (Å²) >= 11 is 0. The summed E-state index contributed by atoms with van der Waals surface area (Å²) in [6.45, 7) is 5.54. The molecule has 3 saturated heterocycles. The van der Waals surface area contributed by atoms with Crippen LogP contribution in [0.25, 0.3) is 11.1 Å². The SMILES string of the molecule is COc1cc(N2CCC3(CC2)CC(N2CCN(c4ccc5c(c4)C(=O)N(C4CCC(=O)NC4=O)C5=O)CC2)C3)c(-c2cnn(C)c2)cc1N. The molecule has 13 heteroatoms. The fourth-order valence-electron chi connectivity index (χ4n) is 8.65. The minimum Gasteiger partial charge on any atom is -0.495 e. The van der Waals surface area contributed by atoms with Crippen LogP contribution >= 0.6 is 0 Å². The Balaban J connectivity index is 0.868. The van der Waals surface area contributed by atoms with Crippen LogP contribution in [0.5, 0.6) is 5.75 Å². The first-order valence-electron chi connectivity index (χ1n) is 17.2. The van der Waals surface area contributed by atoms with E-state index in [0.29, 0.717) is 34.0 Å². The molecule has 1 saturated carbocycles. The number of imide groups is 2. The number of amides is 4. The van der Waals surface area contributed by atoms with Crippen molar-refractivity contribution in [2.24, 2.45) is 12.5 Å². The molecule has 4 amide bonds. The van der Waals surface area contributed by atoms with Crippen LogP contribution in [0, 0.1) is 5.41 Å². The number of nitrogen functional groups attached to an aromatic ring is 1. The number of nitrogens with one attached hydrogen (secondary N) is 1. The quantitative estimate of drug-likeness (QED) is 0.298. The number of piperidine rings is 2. The fourth-order valence-corrected chi connectivity index (χ4v) is 8.65. The second-order valence-corrected chi connectivity index (χ2v) is 14.3. The van der Waals surface area contributed by atoms with Crippen LogP contribution < -0.4 is 25.6 Å². The Morgan fingerprint density at radius 1 is 0.898 bits per heavy atom. The van der Waals surface area contributed by atoms with Gasteiger partial charge in [0.05, 0.1) is 30.1 Å². The Hall–Kier alpha value is -4.91. The number of methoxy groups -OCH3 is 1. The summed E-state index contributed by atoms with van der Waals surface area (Å²) in [6.07, 6.45) is 8.90. The third-order valence-corrected chi connectivity index (χ3v) is 11.5. The summed E-state index contributed by atoms with van der Waals surface area (Å²) < 4.78 is 7.40. The number of hydrogen-bond acceptors (Lipinski definition) is 10. The number of benzene rings is 2. The van der Waals surface area contributed by atoms with Gasteiger partial charge in [-0.25, -0.2) is 0 Å². The molecule has 8 rings (SSSR count). The van der Waals surface area contributed by atoms with E-state index in [1.165, 1.54) is 12.8 Å². The lowest BCUT2D eigenvalue weighted by Crippen LogP contribution is -2.59. The van der Waals surface area contributed by atoms with E-state index in [9.17, 15) is 19.2 Å². The van der Waals surface area contributed by atoms with Crippen LogP contribution in [0.1, 0.15) is 59.2 Å². The van der Waals surface area contributed by atoms with Gasteiger partial charge in [-0.05, 0) is 61.8 Å². The van der Waals surface area contributed by atoms with Crippen molar-refractivity contribution in [3.05, 3.63) is 53.9 Å². The highest BCUT2D eigenvalue weighted by Crippen LogP contribution is 2.52. The number of anilines is 3. The van der Waals surface area contributed by atoms with E-state index in [2.05, 4.69) is 31.2 Å². The van der Waals surface area contributed by atoms with Crippen LogP contribution in [0.3, 0.4) is 0 Å². The third-order valence-electron chi connectivity index (χ3n) is 11.5. The smallest absolute Gasteiger partial charge is 0.262 e. The van der Waals surface area contributed by atoms with Gasteiger partial charge in [0.1, 0.15) is 11.8 Å². The molecule has 3 N–H and O–H groups in total. The van der Waals surface area contributed by atoms with Gasteiger partial charge in [-0.1, -0.05) is 0 Å². The first-order chi connectivity index (χ1) is 23.6. The molecular weight excluding hydrogens is 624 g/mol. The second kappa shape index (κ2) is 11.9. The number of carbonyl (C=O) groups is 4. The molecule has 256 valence electrons. The van der Waals surface area contributed by atoms with E-state index in [1.54, 1.807) is 19.2 Å². The van der Waals surface area contributed by atoms with Crippen LogP contribution in [-0.2, 0) is 16.6 Å². The van der Waals surface area contributed by atoms with Gasteiger partial charge in [-0.15, -0.1) is 0 Å². The molecule has 4 fully saturated rings. The molecule has 3 aromatic rings. The van der Waals surface area contributed by atoms with Crippen molar-refractivity contribution in [1.29, 1.82) is 0 Å². The molecule has 1 spiro atoms. The number of nitrogens with two attached hydrogens (primary N) is 1. The van der Waals surface area contributed by atoms with E-state index in [-0.39, 0.29) is 18.7 Å². The maximum absolute atomic E-state index is 13.3. The van der Waals surface area contributed by atoms with E-state index in [0.717, 1.165) is 79.5 Å². The number of piperazine rings is 1. The van der Waals surface area contributed by atoms with Crippen LogP contribution in [-0.4, -0.2) is 102 Å². The summed E-state index contributed by atoms with van der Waals surface area (Å²) in [5.41, 5.74) is 12.1. The van der Waals surface area contributed by atoms with Gasteiger partial charge in [0, 0.05) is 93.5 Å². The van der Waals surface area contributed by atoms with E-state index >= 15 is 0 Å². The van der Waals surface area contributed by atoms with Crippen LogP contribution in [0.4, 0.5) is 17.1 Å². The predicted octanol–water partition coefficient (Wildman–Crippen LogP) is 2.65. The van der Waals surface area contributed by atoms with Gasteiger partial charge >= 0.3 is 0 Å². The molecule has 0 radical (unpaired) electrons. The molecule has 2 aromatic carbocycles. The summed E-state index contributed by atoms with van der Waals surface area (Å²) in [4.78, 5) is 58.9. The summed E-state index contributed by atoms with van der Waals surface area (Å²) in [5, 5.41) is 6.64. The number of rotatable bonds is 6.